The number of hydrogen-bond donors (Lipinski definition) is 1. The summed E-state index contributed by atoms with van der Waals surface area (Å²) in [5, 5.41) is 0. The first kappa shape index (κ1) is 15.1. The van der Waals surface area contributed by atoms with Crippen molar-refractivity contribution in [2.24, 2.45) is 0 Å². The SMILES string of the molecule is Nc1ccc(CN(CCOCC(F)(F)F)C2CC2)cc1. The van der Waals surface area contributed by atoms with E-state index >= 15 is 0 Å². The second-order valence-electron chi connectivity index (χ2n) is 5.11. The van der Waals surface area contributed by atoms with Crippen LogP contribution in [0.3, 0.4) is 0 Å². The Kier molecular flexibility index (Phi) is 4.88. The Labute approximate surface area is 116 Å². The molecule has 1 aromatic rings. The predicted octanol–water partition coefficient (Wildman–Crippen LogP) is 2.81. The van der Waals surface area contributed by atoms with Crippen molar-refractivity contribution in [1.82, 2.24) is 4.90 Å². The maximum Gasteiger partial charge on any atom is 0.411 e. The normalized spacial score (nSPS) is 15.8. The Balaban J connectivity index is 1.77. The molecule has 0 saturated heterocycles. The fourth-order valence-corrected chi connectivity index (χ4v) is 2.06. The summed E-state index contributed by atoms with van der Waals surface area (Å²) in [5.74, 6) is 0. The van der Waals surface area contributed by atoms with Crippen molar-refractivity contribution in [2.45, 2.75) is 31.6 Å². The molecule has 20 heavy (non-hydrogen) atoms. The van der Waals surface area contributed by atoms with E-state index in [-0.39, 0.29) is 6.61 Å². The van der Waals surface area contributed by atoms with E-state index in [2.05, 4.69) is 9.64 Å². The molecule has 1 saturated carbocycles. The largest absolute Gasteiger partial charge is 0.411 e. The lowest BCUT2D eigenvalue weighted by atomic mass is 10.2. The number of rotatable bonds is 7. The molecule has 6 heteroatoms. The Bertz CT molecular complexity index is 415. The summed E-state index contributed by atoms with van der Waals surface area (Å²) in [4.78, 5) is 2.17. The monoisotopic (exact) mass is 288 g/mol. The van der Waals surface area contributed by atoms with Gasteiger partial charge in [-0.2, -0.15) is 13.2 Å². The van der Waals surface area contributed by atoms with Crippen LogP contribution in [0.25, 0.3) is 0 Å². The summed E-state index contributed by atoms with van der Waals surface area (Å²) in [5.41, 5.74) is 7.45. The maximum atomic E-state index is 12.0. The minimum atomic E-state index is -4.25. The molecule has 1 fully saturated rings. The van der Waals surface area contributed by atoms with Gasteiger partial charge in [0, 0.05) is 24.8 Å². The summed E-state index contributed by atoms with van der Waals surface area (Å²) in [7, 11) is 0. The fraction of sp³-hybridized carbons (Fsp3) is 0.571. The Morgan fingerprint density at radius 1 is 1.20 bits per heavy atom. The molecule has 0 unspecified atom stereocenters. The first-order valence-electron chi connectivity index (χ1n) is 6.67. The molecule has 112 valence electrons. The van der Waals surface area contributed by atoms with Crippen LogP contribution in [0, 0.1) is 0 Å². The van der Waals surface area contributed by atoms with E-state index in [0.29, 0.717) is 18.3 Å². The van der Waals surface area contributed by atoms with E-state index in [0.717, 1.165) is 24.9 Å². The number of nitrogens with two attached hydrogens (primary N) is 1. The number of ether oxygens (including phenoxy) is 1. The highest BCUT2D eigenvalue weighted by molar-refractivity contribution is 5.39. The molecule has 0 heterocycles. The Morgan fingerprint density at radius 3 is 2.40 bits per heavy atom. The van der Waals surface area contributed by atoms with Crippen LogP contribution >= 0.6 is 0 Å². The molecule has 2 N–H and O–H groups in total. The lowest BCUT2D eigenvalue weighted by molar-refractivity contribution is -0.174. The summed E-state index contributed by atoms with van der Waals surface area (Å²) in [6.07, 6.45) is -2.04. The van der Waals surface area contributed by atoms with Gasteiger partial charge in [-0.1, -0.05) is 12.1 Å². The highest BCUT2D eigenvalue weighted by atomic mass is 19.4. The predicted molar refractivity (Wildman–Crippen MR) is 71.2 cm³/mol. The van der Waals surface area contributed by atoms with Gasteiger partial charge in [-0.15, -0.1) is 0 Å². The molecule has 0 aliphatic heterocycles. The van der Waals surface area contributed by atoms with Gasteiger partial charge >= 0.3 is 6.18 Å². The van der Waals surface area contributed by atoms with Gasteiger partial charge in [-0.25, -0.2) is 0 Å². The Hall–Kier alpha value is -1.27. The van der Waals surface area contributed by atoms with Gasteiger partial charge in [0.1, 0.15) is 6.61 Å². The summed E-state index contributed by atoms with van der Waals surface area (Å²) < 4.78 is 40.6. The molecule has 3 nitrogen and oxygen atoms in total. The van der Waals surface area contributed by atoms with Crippen molar-refractivity contribution in [1.29, 1.82) is 0 Å². The maximum absolute atomic E-state index is 12.0. The number of nitrogen functional groups attached to an aromatic ring is 1. The molecule has 0 bridgehead atoms. The zero-order chi connectivity index (χ0) is 14.6. The second-order valence-corrected chi connectivity index (χ2v) is 5.11. The number of halogens is 3. The minimum Gasteiger partial charge on any atom is -0.399 e. The molecule has 2 rings (SSSR count). The lowest BCUT2D eigenvalue weighted by Gasteiger charge is -2.22. The average molecular weight is 288 g/mol. The van der Waals surface area contributed by atoms with Crippen LogP contribution in [0.15, 0.2) is 24.3 Å². The van der Waals surface area contributed by atoms with Gasteiger partial charge in [0.25, 0.3) is 0 Å². The third kappa shape index (κ3) is 5.38. The number of alkyl halides is 3. The van der Waals surface area contributed by atoms with E-state index in [1.54, 1.807) is 0 Å². The van der Waals surface area contributed by atoms with Crippen LogP contribution in [0.2, 0.25) is 0 Å². The number of nitrogens with zero attached hydrogens (tertiary/aromatic N) is 1. The van der Waals surface area contributed by atoms with Gasteiger partial charge in [0.2, 0.25) is 0 Å². The number of anilines is 1. The number of benzene rings is 1. The van der Waals surface area contributed by atoms with Crippen molar-refractivity contribution < 1.29 is 17.9 Å². The van der Waals surface area contributed by atoms with Crippen LogP contribution in [-0.2, 0) is 11.3 Å². The first-order chi connectivity index (χ1) is 9.44. The van der Waals surface area contributed by atoms with E-state index < -0.39 is 12.8 Å². The molecule has 1 aromatic carbocycles. The lowest BCUT2D eigenvalue weighted by Crippen LogP contribution is -2.30. The van der Waals surface area contributed by atoms with E-state index in [9.17, 15) is 13.2 Å². The molecule has 0 spiro atoms. The fourth-order valence-electron chi connectivity index (χ4n) is 2.06. The molecule has 0 radical (unpaired) electrons. The smallest absolute Gasteiger partial charge is 0.399 e. The van der Waals surface area contributed by atoms with Gasteiger partial charge < -0.3 is 10.5 Å². The van der Waals surface area contributed by atoms with Gasteiger partial charge in [0.15, 0.2) is 0 Å². The zero-order valence-electron chi connectivity index (χ0n) is 11.2. The van der Waals surface area contributed by atoms with Crippen molar-refractivity contribution >= 4 is 5.69 Å². The zero-order valence-corrected chi connectivity index (χ0v) is 11.2. The van der Waals surface area contributed by atoms with E-state index in [4.69, 9.17) is 5.73 Å². The summed E-state index contributed by atoms with van der Waals surface area (Å²) in [6, 6.07) is 8.03. The van der Waals surface area contributed by atoms with Crippen LogP contribution in [0.5, 0.6) is 0 Å². The first-order valence-corrected chi connectivity index (χ1v) is 6.67. The highest BCUT2D eigenvalue weighted by Crippen LogP contribution is 2.28. The van der Waals surface area contributed by atoms with Crippen LogP contribution in [0.4, 0.5) is 18.9 Å². The summed E-state index contributed by atoms with van der Waals surface area (Å²) >= 11 is 0. The van der Waals surface area contributed by atoms with Gasteiger partial charge in [-0.05, 0) is 30.5 Å². The van der Waals surface area contributed by atoms with Gasteiger partial charge in [-0.3, -0.25) is 4.90 Å². The Morgan fingerprint density at radius 2 is 1.85 bits per heavy atom. The van der Waals surface area contributed by atoms with E-state index in [1.165, 1.54) is 0 Å². The second kappa shape index (κ2) is 6.45. The van der Waals surface area contributed by atoms with Crippen molar-refractivity contribution in [2.75, 3.05) is 25.5 Å². The summed E-state index contributed by atoms with van der Waals surface area (Å²) in [6.45, 7) is 0.170. The van der Waals surface area contributed by atoms with Crippen molar-refractivity contribution in [3.63, 3.8) is 0 Å². The van der Waals surface area contributed by atoms with Crippen molar-refractivity contribution in [3.05, 3.63) is 29.8 Å². The minimum absolute atomic E-state index is 0.102. The molecular formula is C14H19F3N2O. The van der Waals surface area contributed by atoms with E-state index in [1.807, 2.05) is 24.3 Å². The molecule has 1 aliphatic carbocycles. The van der Waals surface area contributed by atoms with Gasteiger partial charge in [0.05, 0.1) is 6.61 Å². The number of hydrogen-bond acceptors (Lipinski definition) is 3. The standard InChI is InChI=1S/C14H19F3N2O/c15-14(16,17)10-20-8-7-19(13-5-6-13)9-11-1-3-12(18)4-2-11/h1-4,13H,5-10,18H2. The molecule has 0 amide bonds. The molecular weight excluding hydrogens is 269 g/mol. The average Bonchev–Trinajstić information content (AvgIpc) is 3.18. The van der Waals surface area contributed by atoms with Crippen LogP contribution in [-0.4, -0.2) is 36.9 Å². The molecule has 1 aliphatic rings. The highest BCUT2D eigenvalue weighted by Gasteiger charge is 2.30. The van der Waals surface area contributed by atoms with Crippen LogP contribution in [0.1, 0.15) is 18.4 Å². The molecule has 0 aromatic heterocycles. The topological polar surface area (TPSA) is 38.5 Å². The third-order valence-electron chi connectivity index (χ3n) is 3.22. The quantitative estimate of drug-likeness (QED) is 0.619. The van der Waals surface area contributed by atoms with Crippen molar-refractivity contribution in [3.8, 4) is 0 Å². The third-order valence-corrected chi connectivity index (χ3v) is 3.22. The molecule has 0 atom stereocenters. The van der Waals surface area contributed by atoms with Crippen LogP contribution < -0.4 is 5.73 Å².